The van der Waals surface area contributed by atoms with Gasteiger partial charge in [0.05, 0.1) is 0 Å². The Labute approximate surface area is 122 Å². The second-order valence-electron chi connectivity index (χ2n) is 6.85. The van der Waals surface area contributed by atoms with E-state index in [2.05, 4.69) is 57.2 Å². The summed E-state index contributed by atoms with van der Waals surface area (Å²) in [5.74, 6) is 0. The molecule has 0 aromatic heterocycles. The Morgan fingerprint density at radius 1 is 0.950 bits per heavy atom. The topological polar surface area (TPSA) is 0 Å². The fourth-order valence-electron chi connectivity index (χ4n) is 2.88. The third kappa shape index (κ3) is 2.16. The molecule has 0 bridgehead atoms. The van der Waals surface area contributed by atoms with Crippen LogP contribution in [0.4, 0.5) is 0 Å². The summed E-state index contributed by atoms with van der Waals surface area (Å²) in [4.78, 5) is 0. The molecule has 0 amide bonds. The molecule has 3 rings (SSSR count). The van der Waals surface area contributed by atoms with Gasteiger partial charge in [0.2, 0.25) is 0 Å². The van der Waals surface area contributed by atoms with E-state index < -0.39 is 0 Å². The Kier molecular flexibility index (Phi) is 2.97. The first-order chi connectivity index (χ1) is 9.36. The van der Waals surface area contributed by atoms with Crippen molar-refractivity contribution in [3.05, 3.63) is 58.7 Å². The SMILES string of the molecule is [B]=C(C)c1ccc2c(c1)-c1cc(C(C)(C)C)ccc1C2. The van der Waals surface area contributed by atoms with Crippen molar-refractivity contribution in [3.8, 4) is 11.1 Å². The van der Waals surface area contributed by atoms with E-state index in [-0.39, 0.29) is 5.41 Å². The molecule has 20 heavy (non-hydrogen) atoms. The Balaban J connectivity index is 2.17. The van der Waals surface area contributed by atoms with Gasteiger partial charge in [-0.2, -0.15) is 0 Å². The van der Waals surface area contributed by atoms with Gasteiger partial charge in [-0.15, -0.1) is 0 Å². The summed E-state index contributed by atoms with van der Waals surface area (Å²) >= 11 is 0. The van der Waals surface area contributed by atoms with Crippen molar-refractivity contribution in [2.75, 3.05) is 0 Å². The van der Waals surface area contributed by atoms with E-state index in [9.17, 15) is 0 Å². The molecular weight excluding hydrogens is 239 g/mol. The quantitative estimate of drug-likeness (QED) is 0.573. The summed E-state index contributed by atoms with van der Waals surface area (Å²) in [7, 11) is 5.94. The molecule has 99 valence electrons. The zero-order valence-electron chi connectivity index (χ0n) is 12.7. The number of rotatable bonds is 1. The first-order valence-corrected chi connectivity index (χ1v) is 7.22. The van der Waals surface area contributed by atoms with Gasteiger partial charge < -0.3 is 0 Å². The summed E-state index contributed by atoms with van der Waals surface area (Å²) in [5, 5.41) is 0. The van der Waals surface area contributed by atoms with Crippen molar-refractivity contribution in [3.63, 3.8) is 0 Å². The Morgan fingerprint density at radius 3 is 2.15 bits per heavy atom. The van der Waals surface area contributed by atoms with E-state index in [0.717, 1.165) is 17.4 Å². The van der Waals surface area contributed by atoms with Gasteiger partial charge in [0.25, 0.3) is 0 Å². The average Bonchev–Trinajstić information content (AvgIpc) is 2.74. The molecule has 0 N–H and O–H groups in total. The fourth-order valence-corrected chi connectivity index (χ4v) is 2.88. The first kappa shape index (κ1) is 13.4. The number of hydrogen-bond acceptors (Lipinski definition) is 0. The molecule has 0 heterocycles. The Morgan fingerprint density at radius 2 is 1.55 bits per heavy atom. The summed E-state index contributed by atoms with van der Waals surface area (Å²) < 4.78 is 0. The predicted molar refractivity (Wildman–Crippen MR) is 88.9 cm³/mol. The molecule has 0 aliphatic heterocycles. The van der Waals surface area contributed by atoms with Crippen molar-refractivity contribution in [2.24, 2.45) is 0 Å². The number of fused-ring (bicyclic) bond motifs is 3. The van der Waals surface area contributed by atoms with Gasteiger partial charge >= 0.3 is 122 Å². The second kappa shape index (κ2) is 4.44. The van der Waals surface area contributed by atoms with E-state index in [4.69, 9.17) is 7.49 Å². The first-order valence-electron chi connectivity index (χ1n) is 7.22. The zero-order chi connectivity index (χ0) is 14.5. The molecule has 0 spiro atoms. The molecule has 2 aromatic carbocycles. The predicted octanol–water partition coefficient (Wildman–Crippen LogP) is 4.26. The Hall–Kier alpha value is -1.63. The van der Waals surface area contributed by atoms with E-state index >= 15 is 0 Å². The average molecular weight is 259 g/mol. The third-order valence-electron chi connectivity index (χ3n) is 4.21. The minimum absolute atomic E-state index is 0.186. The van der Waals surface area contributed by atoms with Crippen LogP contribution in [-0.2, 0) is 11.8 Å². The monoisotopic (exact) mass is 259 g/mol. The van der Waals surface area contributed by atoms with Gasteiger partial charge in [0.15, 0.2) is 0 Å². The summed E-state index contributed by atoms with van der Waals surface area (Å²) in [6.07, 6.45) is 1.04. The molecule has 0 nitrogen and oxygen atoms in total. The van der Waals surface area contributed by atoms with Crippen molar-refractivity contribution in [2.45, 2.75) is 39.5 Å². The molecule has 0 saturated carbocycles. The van der Waals surface area contributed by atoms with Crippen molar-refractivity contribution in [1.29, 1.82) is 0 Å². The van der Waals surface area contributed by atoms with E-state index in [1.165, 1.54) is 27.8 Å². The maximum atomic E-state index is 5.94. The second-order valence-corrected chi connectivity index (χ2v) is 6.85. The zero-order valence-corrected chi connectivity index (χ0v) is 12.7. The van der Waals surface area contributed by atoms with Crippen LogP contribution in [0.25, 0.3) is 11.1 Å². The third-order valence-corrected chi connectivity index (χ3v) is 4.21. The standard InChI is InChI=1S/C19H20B/c1-12(20)13-5-6-14-9-15-7-8-16(19(2,3)4)11-18(15)17(14)10-13/h5-8,10-11H,9H2,1-4H3. The van der Waals surface area contributed by atoms with Crippen LogP contribution in [-0.4, -0.2) is 13.0 Å². The van der Waals surface area contributed by atoms with Crippen LogP contribution >= 0.6 is 0 Å². The molecule has 0 unspecified atom stereocenters. The van der Waals surface area contributed by atoms with Crippen LogP contribution in [0.1, 0.15) is 49.9 Å². The van der Waals surface area contributed by atoms with Crippen LogP contribution in [0, 0.1) is 0 Å². The summed E-state index contributed by atoms with van der Waals surface area (Å²) in [6, 6.07) is 13.5. The molecular formula is C19H20B. The molecule has 0 atom stereocenters. The minimum atomic E-state index is 0.186. The molecule has 0 fully saturated rings. The van der Waals surface area contributed by atoms with Gasteiger partial charge in [-0.25, -0.2) is 0 Å². The molecule has 2 aromatic rings. The van der Waals surface area contributed by atoms with Gasteiger partial charge in [-0.3, -0.25) is 0 Å². The van der Waals surface area contributed by atoms with Crippen LogP contribution in [0.15, 0.2) is 36.4 Å². The van der Waals surface area contributed by atoms with Crippen LogP contribution in [0.2, 0.25) is 0 Å². The molecule has 1 heteroatoms. The maximum absolute atomic E-state index is 5.94. The van der Waals surface area contributed by atoms with Gasteiger partial charge in [0, 0.05) is 0 Å². The van der Waals surface area contributed by atoms with Gasteiger partial charge in [-0.1, -0.05) is 0 Å². The van der Waals surface area contributed by atoms with E-state index in [1.54, 1.807) is 0 Å². The van der Waals surface area contributed by atoms with Crippen LogP contribution in [0.5, 0.6) is 0 Å². The van der Waals surface area contributed by atoms with Crippen LogP contribution in [0.3, 0.4) is 0 Å². The van der Waals surface area contributed by atoms with Crippen molar-refractivity contribution >= 4 is 13.0 Å². The normalized spacial score (nSPS) is 12.9. The van der Waals surface area contributed by atoms with Crippen LogP contribution < -0.4 is 0 Å². The summed E-state index contributed by atoms with van der Waals surface area (Å²) in [5.41, 5.74) is 9.18. The molecule has 0 saturated heterocycles. The number of hydrogen-bond donors (Lipinski definition) is 0. The number of benzene rings is 2. The molecule has 1 aliphatic carbocycles. The molecule has 1 radical (unpaired) electrons. The summed E-state index contributed by atoms with van der Waals surface area (Å²) in [6.45, 7) is 8.75. The van der Waals surface area contributed by atoms with Gasteiger partial charge in [0.1, 0.15) is 0 Å². The van der Waals surface area contributed by atoms with Gasteiger partial charge in [-0.05, 0) is 0 Å². The molecule has 1 aliphatic rings. The van der Waals surface area contributed by atoms with Crippen molar-refractivity contribution in [1.82, 2.24) is 0 Å². The van der Waals surface area contributed by atoms with E-state index in [0.29, 0.717) is 0 Å². The fraction of sp³-hybridized carbons (Fsp3) is 0.316. The van der Waals surface area contributed by atoms with Crippen molar-refractivity contribution < 1.29 is 0 Å². The van der Waals surface area contributed by atoms with E-state index in [1.807, 2.05) is 6.92 Å². The Bertz CT molecular complexity index is 702.